The molecular weight excluding hydrogens is 304 g/mol. The summed E-state index contributed by atoms with van der Waals surface area (Å²) >= 11 is 1.20. The van der Waals surface area contributed by atoms with Crippen LogP contribution in [0.15, 0.2) is 24.3 Å². The second-order valence-electron chi connectivity index (χ2n) is 4.81. The van der Waals surface area contributed by atoms with Crippen molar-refractivity contribution < 1.29 is 19.5 Å². The van der Waals surface area contributed by atoms with Crippen LogP contribution in [0.4, 0.5) is 5.69 Å². The van der Waals surface area contributed by atoms with Crippen LogP contribution in [-0.2, 0) is 14.4 Å². The van der Waals surface area contributed by atoms with Gasteiger partial charge in [-0.2, -0.15) is 0 Å². The molecule has 7 heteroatoms. The lowest BCUT2D eigenvalue weighted by Crippen LogP contribution is -2.33. The third-order valence-electron chi connectivity index (χ3n) is 2.77. The summed E-state index contributed by atoms with van der Waals surface area (Å²) in [6, 6.07) is 7.47. The molecule has 120 valence electrons. The van der Waals surface area contributed by atoms with E-state index in [0.29, 0.717) is 0 Å². The SMILES string of the molecule is Cc1cccc(NC(=O)CSC(C)C(=O)NCCC(=O)O)c1. The van der Waals surface area contributed by atoms with Gasteiger partial charge in [0.15, 0.2) is 0 Å². The lowest BCUT2D eigenvalue weighted by Gasteiger charge is -2.11. The molecule has 1 aromatic carbocycles. The average Bonchev–Trinajstić information content (AvgIpc) is 2.44. The summed E-state index contributed by atoms with van der Waals surface area (Å²) in [6.45, 7) is 3.71. The van der Waals surface area contributed by atoms with Crippen molar-refractivity contribution in [3.63, 3.8) is 0 Å². The Balaban J connectivity index is 2.30. The second kappa shape index (κ2) is 9.09. The highest BCUT2D eigenvalue weighted by molar-refractivity contribution is 8.01. The number of carboxylic acids is 1. The number of aryl methyl sites for hydroxylation is 1. The van der Waals surface area contributed by atoms with E-state index in [1.807, 2.05) is 25.1 Å². The van der Waals surface area contributed by atoms with Crippen LogP contribution < -0.4 is 10.6 Å². The number of carbonyl (C=O) groups is 3. The number of nitrogens with one attached hydrogen (secondary N) is 2. The quantitative estimate of drug-likeness (QED) is 0.676. The highest BCUT2D eigenvalue weighted by Gasteiger charge is 2.15. The number of benzene rings is 1. The predicted octanol–water partition coefficient (Wildman–Crippen LogP) is 1.65. The van der Waals surface area contributed by atoms with E-state index >= 15 is 0 Å². The molecule has 0 aliphatic heterocycles. The number of rotatable bonds is 8. The van der Waals surface area contributed by atoms with Crippen molar-refractivity contribution in [2.24, 2.45) is 0 Å². The first kappa shape index (κ1) is 18.0. The molecule has 3 N–H and O–H groups in total. The summed E-state index contributed by atoms with van der Waals surface area (Å²) in [4.78, 5) is 33.8. The normalized spacial score (nSPS) is 11.5. The van der Waals surface area contributed by atoms with Crippen LogP contribution in [0, 0.1) is 6.92 Å². The van der Waals surface area contributed by atoms with Crippen LogP contribution in [-0.4, -0.2) is 40.4 Å². The minimum Gasteiger partial charge on any atom is -0.481 e. The Labute approximate surface area is 133 Å². The van der Waals surface area contributed by atoms with Gasteiger partial charge < -0.3 is 15.7 Å². The van der Waals surface area contributed by atoms with E-state index in [1.54, 1.807) is 13.0 Å². The molecule has 1 aromatic rings. The van der Waals surface area contributed by atoms with Crippen molar-refractivity contribution in [2.75, 3.05) is 17.6 Å². The van der Waals surface area contributed by atoms with Gasteiger partial charge in [0.05, 0.1) is 17.4 Å². The summed E-state index contributed by atoms with van der Waals surface area (Å²) in [5.74, 6) is -1.25. The third-order valence-corrected chi connectivity index (χ3v) is 3.92. The Morgan fingerprint density at radius 3 is 2.68 bits per heavy atom. The van der Waals surface area contributed by atoms with Gasteiger partial charge in [0.2, 0.25) is 11.8 Å². The van der Waals surface area contributed by atoms with Gasteiger partial charge in [-0.15, -0.1) is 11.8 Å². The van der Waals surface area contributed by atoms with E-state index in [2.05, 4.69) is 10.6 Å². The first-order chi connectivity index (χ1) is 10.4. The Hall–Kier alpha value is -2.02. The third kappa shape index (κ3) is 7.12. The van der Waals surface area contributed by atoms with Crippen molar-refractivity contribution in [2.45, 2.75) is 25.5 Å². The second-order valence-corrected chi connectivity index (χ2v) is 6.13. The standard InChI is InChI=1S/C15H20N2O4S/c1-10-4-3-5-12(8-10)17-13(18)9-22-11(2)15(21)16-7-6-14(19)20/h3-5,8,11H,6-7,9H2,1-2H3,(H,16,21)(H,17,18)(H,19,20). The van der Waals surface area contributed by atoms with Crippen molar-refractivity contribution in [3.8, 4) is 0 Å². The van der Waals surface area contributed by atoms with Gasteiger partial charge in [-0.05, 0) is 31.5 Å². The first-order valence-electron chi connectivity index (χ1n) is 6.86. The van der Waals surface area contributed by atoms with Crippen LogP contribution in [0.5, 0.6) is 0 Å². The Morgan fingerprint density at radius 1 is 1.32 bits per heavy atom. The van der Waals surface area contributed by atoms with E-state index in [4.69, 9.17) is 5.11 Å². The Morgan fingerprint density at radius 2 is 2.05 bits per heavy atom. The fraction of sp³-hybridized carbons (Fsp3) is 0.400. The number of amides is 2. The molecule has 1 atom stereocenters. The van der Waals surface area contributed by atoms with Gasteiger partial charge >= 0.3 is 5.97 Å². The Kier molecular flexibility index (Phi) is 7.45. The average molecular weight is 324 g/mol. The van der Waals surface area contributed by atoms with Crippen molar-refractivity contribution >= 4 is 35.2 Å². The number of carbonyl (C=O) groups excluding carboxylic acids is 2. The number of aliphatic carboxylic acids is 1. The molecule has 0 fully saturated rings. The van der Waals surface area contributed by atoms with Crippen LogP contribution in [0.3, 0.4) is 0 Å². The van der Waals surface area contributed by atoms with Crippen molar-refractivity contribution in [1.82, 2.24) is 5.32 Å². The molecule has 2 amide bonds. The van der Waals surface area contributed by atoms with Crippen molar-refractivity contribution in [1.29, 1.82) is 0 Å². The minimum atomic E-state index is -0.960. The Bertz CT molecular complexity index is 548. The highest BCUT2D eigenvalue weighted by Crippen LogP contribution is 2.13. The van der Waals surface area contributed by atoms with E-state index in [-0.39, 0.29) is 30.5 Å². The number of carboxylic acid groups (broad SMARTS) is 1. The van der Waals surface area contributed by atoms with Gasteiger partial charge in [-0.1, -0.05) is 12.1 Å². The molecular formula is C15H20N2O4S. The molecule has 0 radical (unpaired) electrons. The first-order valence-corrected chi connectivity index (χ1v) is 7.91. The fourth-order valence-electron chi connectivity index (χ4n) is 1.63. The van der Waals surface area contributed by atoms with Gasteiger partial charge in [0.1, 0.15) is 0 Å². The topological polar surface area (TPSA) is 95.5 Å². The molecule has 22 heavy (non-hydrogen) atoms. The number of hydrogen-bond acceptors (Lipinski definition) is 4. The molecule has 0 aromatic heterocycles. The number of anilines is 1. The summed E-state index contributed by atoms with van der Waals surface area (Å²) in [7, 11) is 0. The minimum absolute atomic E-state index is 0.0918. The summed E-state index contributed by atoms with van der Waals surface area (Å²) in [5.41, 5.74) is 1.78. The molecule has 0 aliphatic rings. The molecule has 1 rings (SSSR count). The molecule has 0 bridgehead atoms. The van der Waals surface area contributed by atoms with Crippen LogP contribution in [0.2, 0.25) is 0 Å². The lowest BCUT2D eigenvalue weighted by molar-refractivity contribution is -0.137. The summed E-state index contributed by atoms with van der Waals surface area (Å²) in [5, 5.41) is 13.4. The maximum atomic E-state index is 11.8. The number of thioether (sulfide) groups is 1. The maximum absolute atomic E-state index is 11.8. The van der Waals surface area contributed by atoms with E-state index < -0.39 is 11.2 Å². The van der Waals surface area contributed by atoms with E-state index in [0.717, 1.165) is 11.3 Å². The largest absolute Gasteiger partial charge is 0.481 e. The van der Waals surface area contributed by atoms with E-state index in [1.165, 1.54) is 11.8 Å². The monoisotopic (exact) mass is 324 g/mol. The highest BCUT2D eigenvalue weighted by atomic mass is 32.2. The van der Waals surface area contributed by atoms with Gasteiger partial charge in [0, 0.05) is 12.2 Å². The van der Waals surface area contributed by atoms with Crippen molar-refractivity contribution in [3.05, 3.63) is 29.8 Å². The summed E-state index contributed by atoms with van der Waals surface area (Å²) < 4.78 is 0. The molecule has 6 nitrogen and oxygen atoms in total. The zero-order valence-electron chi connectivity index (χ0n) is 12.6. The smallest absolute Gasteiger partial charge is 0.305 e. The molecule has 0 saturated carbocycles. The number of hydrogen-bond donors (Lipinski definition) is 3. The van der Waals surface area contributed by atoms with Gasteiger partial charge in [-0.25, -0.2) is 0 Å². The molecule has 0 aliphatic carbocycles. The predicted molar refractivity (Wildman–Crippen MR) is 87.0 cm³/mol. The molecule has 0 saturated heterocycles. The molecule has 1 unspecified atom stereocenters. The fourth-order valence-corrected chi connectivity index (χ4v) is 2.34. The van der Waals surface area contributed by atoms with E-state index in [9.17, 15) is 14.4 Å². The zero-order valence-corrected chi connectivity index (χ0v) is 13.4. The lowest BCUT2D eigenvalue weighted by atomic mass is 10.2. The maximum Gasteiger partial charge on any atom is 0.305 e. The van der Waals surface area contributed by atoms with Crippen LogP contribution >= 0.6 is 11.8 Å². The zero-order chi connectivity index (χ0) is 16.5. The van der Waals surface area contributed by atoms with Gasteiger partial charge in [0.25, 0.3) is 0 Å². The van der Waals surface area contributed by atoms with Gasteiger partial charge in [-0.3, -0.25) is 14.4 Å². The molecule has 0 spiro atoms. The summed E-state index contributed by atoms with van der Waals surface area (Å²) in [6.07, 6.45) is -0.114. The molecule has 0 heterocycles. The van der Waals surface area contributed by atoms with Crippen LogP contribution in [0.1, 0.15) is 18.9 Å². The van der Waals surface area contributed by atoms with Crippen LogP contribution in [0.25, 0.3) is 0 Å².